The predicted octanol–water partition coefficient (Wildman–Crippen LogP) is 2.70. The Morgan fingerprint density at radius 1 is 1.30 bits per heavy atom. The largest absolute Gasteiger partial charge is 0.123 e. The zero-order valence-corrected chi connectivity index (χ0v) is 9.00. The summed E-state index contributed by atoms with van der Waals surface area (Å²) in [7, 11) is 2.28. The first-order valence-corrected chi connectivity index (χ1v) is 5.10. The van der Waals surface area contributed by atoms with Gasteiger partial charge in [-0.1, -0.05) is 49.0 Å². The number of alkyl halides is 1. The van der Waals surface area contributed by atoms with E-state index in [9.17, 15) is 0 Å². The maximum absolute atomic E-state index is 3.71. The SMILES string of the molecule is BC(Br)(CC)CCCCC. The summed E-state index contributed by atoms with van der Waals surface area (Å²) >= 11 is 3.71. The van der Waals surface area contributed by atoms with Gasteiger partial charge in [-0.2, -0.15) is 0 Å². The number of unbranched alkanes of at least 4 members (excludes halogenated alkanes) is 2. The Kier molecular flexibility index (Phi) is 5.51. The highest BCUT2D eigenvalue weighted by Gasteiger charge is 2.15. The van der Waals surface area contributed by atoms with E-state index in [1.54, 1.807) is 0 Å². The van der Waals surface area contributed by atoms with E-state index >= 15 is 0 Å². The van der Waals surface area contributed by atoms with Gasteiger partial charge in [0, 0.05) is 0 Å². The number of halogens is 1. The van der Waals surface area contributed by atoms with E-state index in [-0.39, 0.29) is 0 Å². The molecule has 0 nitrogen and oxygen atoms in total. The van der Waals surface area contributed by atoms with Gasteiger partial charge >= 0.3 is 0 Å². The summed E-state index contributed by atoms with van der Waals surface area (Å²) in [6.45, 7) is 4.48. The van der Waals surface area contributed by atoms with Gasteiger partial charge in [-0.25, -0.2) is 0 Å². The molecule has 2 heteroatoms. The van der Waals surface area contributed by atoms with Gasteiger partial charge in [0.15, 0.2) is 0 Å². The minimum atomic E-state index is 0.405. The van der Waals surface area contributed by atoms with E-state index in [0.717, 1.165) is 0 Å². The molecule has 1 atom stereocenters. The van der Waals surface area contributed by atoms with Crippen LogP contribution in [-0.4, -0.2) is 12.1 Å². The summed E-state index contributed by atoms with van der Waals surface area (Å²) in [6.07, 6.45) is 6.62. The molecule has 0 bridgehead atoms. The van der Waals surface area contributed by atoms with Crippen molar-refractivity contribution in [2.75, 3.05) is 0 Å². The van der Waals surface area contributed by atoms with Crippen molar-refractivity contribution in [1.82, 2.24) is 0 Å². The Balaban J connectivity index is 3.28. The number of hydrogen-bond donors (Lipinski definition) is 0. The normalized spacial score (nSPS) is 16.7. The van der Waals surface area contributed by atoms with Crippen molar-refractivity contribution in [1.29, 1.82) is 0 Å². The summed E-state index contributed by atoms with van der Waals surface area (Å²) in [6, 6.07) is 0. The molecule has 0 spiro atoms. The Bertz CT molecular complexity index is 81.3. The number of hydrogen-bond acceptors (Lipinski definition) is 0. The van der Waals surface area contributed by atoms with E-state index < -0.39 is 0 Å². The molecule has 0 aromatic rings. The molecular weight excluding hydrogens is 187 g/mol. The third-order valence-corrected chi connectivity index (χ3v) is 3.00. The fourth-order valence-electron chi connectivity index (χ4n) is 0.920. The molecule has 0 aromatic heterocycles. The van der Waals surface area contributed by atoms with Crippen LogP contribution >= 0.6 is 15.9 Å². The molecule has 10 heavy (non-hydrogen) atoms. The Morgan fingerprint density at radius 2 is 1.90 bits per heavy atom. The van der Waals surface area contributed by atoms with Crippen LogP contribution in [-0.2, 0) is 0 Å². The molecule has 0 rings (SSSR count). The highest BCUT2D eigenvalue weighted by Crippen LogP contribution is 2.24. The molecule has 0 radical (unpaired) electrons. The lowest BCUT2D eigenvalue weighted by molar-refractivity contribution is 0.609. The molecule has 0 saturated carbocycles. The van der Waals surface area contributed by atoms with E-state index in [1.165, 1.54) is 32.1 Å². The van der Waals surface area contributed by atoms with Gasteiger partial charge in [0.05, 0.1) is 0 Å². The van der Waals surface area contributed by atoms with E-state index in [4.69, 9.17) is 0 Å². The standard InChI is InChI=1S/C8H18BBr/c1-3-5-6-7-8(9,10)4-2/h3-7,9H2,1-2H3. The van der Waals surface area contributed by atoms with Crippen molar-refractivity contribution in [3.63, 3.8) is 0 Å². The first kappa shape index (κ1) is 10.5. The van der Waals surface area contributed by atoms with Crippen molar-refractivity contribution in [3.05, 3.63) is 0 Å². The lowest BCUT2D eigenvalue weighted by Crippen LogP contribution is -2.18. The second kappa shape index (κ2) is 5.23. The lowest BCUT2D eigenvalue weighted by Gasteiger charge is -2.19. The van der Waals surface area contributed by atoms with Crippen molar-refractivity contribution in [2.24, 2.45) is 0 Å². The van der Waals surface area contributed by atoms with E-state index in [1.807, 2.05) is 0 Å². The van der Waals surface area contributed by atoms with Crippen LogP contribution in [0.4, 0.5) is 0 Å². The van der Waals surface area contributed by atoms with Crippen LogP contribution in [0.15, 0.2) is 0 Å². The van der Waals surface area contributed by atoms with Gasteiger partial charge in [-0.15, -0.1) is 0 Å². The molecule has 0 aliphatic heterocycles. The van der Waals surface area contributed by atoms with Crippen molar-refractivity contribution in [3.8, 4) is 0 Å². The van der Waals surface area contributed by atoms with Gasteiger partial charge in [-0.3, -0.25) is 0 Å². The molecular formula is C8H18BBr. The molecule has 0 fully saturated rings. The maximum atomic E-state index is 3.71. The van der Waals surface area contributed by atoms with Crippen LogP contribution in [0.3, 0.4) is 0 Å². The first-order chi connectivity index (χ1) is 4.62. The molecule has 0 amide bonds. The molecule has 1 unspecified atom stereocenters. The highest BCUT2D eigenvalue weighted by atomic mass is 79.9. The van der Waals surface area contributed by atoms with Crippen LogP contribution in [0, 0.1) is 0 Å². The van der Waals surface area contributed by atoms with Gasteiger partial charge in [0.1, 0.15) is 7.85 Å². The summed E-state index contributed by atoms with van der Waals surface area (Å²) in [4.78, 5) is 0. The van der Waals surface area contributed by atoms with Gasteiger partial charge in [0.25, 0.3) is 0 Å². The second-order valence-corrected chi connectivity index (χ2v) is 5.14. The monoisotopic (exact) mass is 204 g/mol. The predicted molar refractivity (Wildman–Crippen MR) is 54.6 cm³/mol. The molecule has 0 aliphatic rings. The average Bonchev–Trinajstić information content (AvgIpc) is 1.89. The van der Waals surface area contributed by atoms with Gasteiger partial charge in [-0.05, 0) is 17.1 Å². The van der Waals surface area contributed by atoms with E-state index in [2.05, 4.69) is 37.6 Å². The Morgan fingerprint density at radius 3 is 2.30 bits per heavy atom. The van der Waals surface area contributed by atoms with Gasteiger partial charge in [0.2, 0.25) is 0 Å². The summed E-state index contributed by atoms with van der Waals surface area (Å²) in [5.74, 6) is 0. The molecule has 0 heterocycles. The zero-order valence-electron chi connectivity index (χ0n) is 7.41. The highest BCUT2D eigenvalue weighted by molar-refractivity contribution is 9.10. The minimum Gasteiger partial charge on any atom is -0.0952 e. The summed E-state index contributed by atoms with van der Waals surface area (Å²) in [5.41, 5.74) is 0. The van der Waals surface area contributed by atoms with Crippen LogP contribution in [0.25, 0.3) is 0 Å². The Hall–Kier alpha value is 0.545. The lowest BCUT2D eigenvalue weighted by atomic mass is 9.80. The van der Waals surface area contributed by atoms with Crippen LogP contribution in [0.1, 0.15) is 46.0 Å². The topological polar surface area (TPSA) is 0 Å². The zero-order chi connectivity index (χ0) is 8.04. The third kappa shape index (κ3) is 5.34. The quantitative estimate of drug-likeness (QED) is 0.367. The maximum Gasteiger partial charge on any atom is 0.123 e. The smallest absolute Gasteiger partial charge is 0.0952 e. The summed E-state index contributed by atoms with van der Waals surface area (Å²) < 4.78 is 0.405. The molecule has 0 N–H and O–H groups in total. The van der Waals surface area contributed by atoms with Crippen molar-refractivity contribution in [2.45, 2.75) is 50.2 Å². The van der Waals surface area contributed by atoms with Crippen LogP contribution in [0.2, 0.25) is 0 Å². The second-order valence-electron chi connectivity index (χ2n) is 3.22. The van der Waals surface area contributed by atoms with Crippen LogP contribution in [0.5, 0.6) is 0 Å². The molecule has 0 saturated heterocycles. The fraction of sp³-hybridized carbons (Fsp3) is 1.00. The number of rotatable bonds is 5. The molecule has 60 valence electrons. The first-order valence-electron chi connectivity index (χ1n) is 4.31. The molecule has 0 aliphatic carbocycles. The molecule has 0 aromatic carbocycles. The fourth-order valence-corrected chi connectivity index (χ4v) is 1.20. The minimum absolute atomic E-state index is 0.405. The van der Waals surface area contributed by atoms with Gasteiger partial charge < -0.3 is 0 Å². The third-order valence-electron chi connectivity index (χ3n) is 2.04. The van der Waals surface area contributed by atoms with Crippen LogP contribution < -0.4 is 0 Å². The average molecular weight is 205 g/mol. The van der Waals surface area contributed by atoms with E-state index in [0.29, 0.717) is 4.22 Å². The summed E-state index contributed by atoms with van der Waals surface area (Å²) in [5, 5.41) is 0. The van der Waals surface area contributed by atoms with Crippen molar-refractivity contribution < 1.29 is 0 Å². The van der Waals surface area contributed by atoms with Crippen molar-refractivity contribution >= 4 is 23.8 Å². The Labute approximate surface area is 74.3 Å².